The molecule has 1 aliphatic heterocycles. The Morgan fingerprint density at radius 2 is 2.00 bits per heavy atom. The van der Waals surface area contributed by atoms with Gasteiger partial charge in [0, 0.05) is 12.6 Å². The molecule has 1 saturated heterocycles. The Kier molecular flexibility index (Phi) is 4.56. The van der Waals surface area contributed by atoms with Gasteiger partial charge < -0.3 is 15.2 Å². The number of carbonyl (C=O) groups is 2. The minimum Gasteiger partial charge on any atom is -0.464 e. The molecule has 1 rings (SSSR count). The maximum absolute atomic E-state index is 12.0. The van der Waals surface area contributed by atoms with Crippen molar-refractivity contribution in [3.63, 3.8) is 0 Å². The lowest BCUT2D eigenvalue weighted by atomic mass is 10.1. The maximum Gasteiger partial charge on any atom is 0.411 e. The van der Waals surface area contributed by atoms with Crippen LogP contribution in [0.5, 0.6) is 0 Å². The first-order valence-electron chi connectivity index (χ1n) is 6.18. The van der Waals surface area contributed by atoms with Gasteiger partial charge in [-0.15, -0.1) is 0 Å². The Balaban J connectivity index is 2.74. The lowest BCUT2D eigenvalue weighted by molar-refractivity contribution is -0.148. The first-order valence-corrected chi connectivity index (χ1v) is 6.18. The van der Waals surface area contributed by atoms with E-state index in [1.807, 2.05) is 0 Å². The molecule has 1 fully saturated rings. The van der Waals surface area contributed by atoms with Crippen molar-refractivity contribution >= 4 is 12.1 Å². The minimum absolute atomic E-state index is 0.268. The number of ether oxygens (including phenoxy) is 2. The van der Waals surface area contributed by atoms with Crippen LogP contribution in [-0.2, 0) is 14.3 Å². The van der Waals surface area contributed by atoms with Crippen LogP contribution in [0.25, 0.3) is 0 Å². The highest BCUT2D eigenvalue weighted by molar-refractivity contribution is 5.83. The van der Waals surface area contributed by atoms with Crippen LogP contribution in [-0.4, -0.2) is 47.8 Å². The summed E-state index contributed by atoms with van der Waals surface area (Å²) in [7, 11) is 0. The van der Waals surface area contributed by atoms with E-state index >= 15 is 0 Å². The predicted molar refractivity (Wildman–Crippen MR) is 66.0 cm³/mol. The molecule has 0 bridgehead atoms. The topological polar surface area (TPSA) is 81.9 Å². The summed E-state index contributed by atoms with van der Waals surface area (Å²) in [5, 5.41) is 0. The minimum atomic E-state index is -0.736. The number of amides is 1. The van der Waals surface area contributed by atoms with Crippen molar-refractivity contribution in [2.24, 2.45) is 5.73 Å². The van der Waals surface area contributed by atoms with Gasteiger partial charge in [0.25, 0.3) is 0 Å². The Bertz CT molecular complexity index is 325. The van der Waals surface area contributed by atoms with E-state index in [9.17, 15) is 9.59 Å². The normalized spacial score (nSPS) is 23.9. The van der Waals surface area contributed by atoms with E-state index in [4.69, 9.17) is 15.2 Å². The zero-order chi connectivity index (χ0) is 13.9. The summed E-state index contributed by atoms with van der Waals surface area (Å²) >= 11 is 0. The standard InChI is InChI=1S/C12H22N2O4/c1-5-17-10(15)9-8(13)6-7-14(9)11(16)18-12(2,3)4/h8-9H,5-7,13H2,1-4H3/t8-,9-/m0/s1. The van der Waals surface area contributed by atoms with Gasteiger partial charge in [0.1, 0.15) is 11.6 Å². The summed E-state index contributed by atoms with van der Waals surface area (Å²) < 4.78 is 10.2. The Morgan fingerprint density at radius 1 is 1.39 bits per heavy atom. The Hall–Kier alpha value is -1.30. The molecule has 0 aliphatic carbocycles. The van der Waals surface area contributed by atoms with Gasteiger partial charge in [-0.05, 0) is 34.1 Å². The summed E-state index contributed by atoms with van der Waals surface area (Å²) in [6.45, 7) is 7.74. The van der Waals surface area contributed by atoms with Gasteiger partial charge in [0.05, 0.1) is 6.61 Å². The van der Waals surface area contributed by atoms with Gasteiger partial charge >= 0.3 is 12.1 Å². The highest BCUT2D eigenvalue weighted by atomic mass is 16.6. The van der Waals surface area contributed by atoms with Crippen molar-refractivity contribution in [1.82, 2.24) is 4.90 Å². The van der Waals surface area contributed by atoms with Gasteiger partial charge in [-0.2, -0.15) is 0 Å². The lowest BCUT2D eigenvalue weighted by Gasteiger charge is -2.28. The molecule has 2 N–H and O–H groups in total. The molecule has 0 saturated carbocycles. The molecule has 6 nitrogen and oxygen atoms in total. The monoisotopic (exact) mass is 258 g/mol. The number of rotatable bonds is 2. The molecule has 0 radical (unpaired) electrons. The average molecular weight is 258 g/mol. The van der Waals surface area contributed by atoms with Crippen molar-refractivity contribution in [2.75, 3.05) is 13.2 Å². The number of hydrogen-bond acceptors (Lipinski definition) is 5. The highest BCUT2D eigenvalue weighted by Crippen LogP contribution is 2.21. The van der Waals surface area contributed by atoms with Crippen molar-refractivity contribution in [3.05, 3.63) is 0 Å². The zero-order valence-electron chi connectivity index (χ0n) is 11.4. The molecular weight excluding hydrogens is 236 g/mol. The van der Waals surface area contributed by atoms with Gasteiger partial charge in [0.2, 0.25) is 0 Å². The third-order valence-corrected chi connectivity index (χ3v) is 2.60. The van der Waals surface area contributed by atoms with Gasteiger partial charge in [0.15, 0.2) is 0 Å². The second-order valence-corrected chi connectivity index (χ2v) is 5.32. The molecular formula is C12H22N2O4. The molecule has 1 amide bonds. The summed E-state index contributed by atoms with van der Waals surface area (Å²) in [4.78, 5) is 25.1. The first kappa shape index (κ1) is 14.8. The van der Waals surface area contributed by atoms with Crippen LogP contribution in [0.15, 0.2) is 0 Å². The van der Waals surface area contributed by atoms with Crippen molar-refractivity contribution in [2.45, 2.75) is 51.8 Å². The molecule has 2 atom stereocenters. The molecule has 0 spiro atoms. The largest absolute Gasteiger partial charge is 0.464 e. The summed E-state index contributed by atoms with van der Waals surface area (Å²) in [6, 6.07) is -1.13. The quantitative estimate of drug-likeness (QED) is 0.744. The van der Waals surface area contributed by atoms with Crippen molar-refractivity contribution in [3.8, 4) is 0 Å². The molecule has 18 heavy (non-hydrogen) atoms. The van der Waals surface area contributed by atoms with Gasteiger partial charge in [-0.3, -0.25) is 4.90 Å². The van der Waals surface area contributed by atoms with Crippen LogP contribution < -0.4 is 5.73 Å². The second kappa shape index (κ2) is 5.56. The molecule has 6 heteroatoms. The van der Waals surface area contributed by atoms with E-state index in [2.05, 4.69) is 0 Å². The first-order chi connectivity index (χ1) is 8.26. The van der Waals surface area contributed by atoms with Crippen LogP contribution in [0.2, 0.25) is 0 Å². The van der Waals surface area contributed by atoms with E-state index in [0.29, 0.717) is 13.0 Å². The zero-order valence-corrected chi connectivity index (χ0v) is 11.4. The summed E-state index contributed by atoms with van der Waals surface area (Å²) in [5.41, 5.74) is 5.26. The van der Waals surface area contributed by atoms with Crippen LogP contribution in [0.3, 0.4) is 0 Å². The predicted octanol–water partition coefficient (Wildman–Crippen LogP) is 0.886. The molecule has 0 aromatic rings. The molecule has 1 heterocycles. The molecule has 0 aromatic carbocycles. The van der Waals surface area contributed by atoms with Crippen LogP contribution in [0.4, 0.5) is 4.79 Å². The summed E-state index contributed by atoms with van der Waals surface area (Å²) in [6.07, 6.45) is 0.0522. The third kappa shape index (κ3) is 3.60. The molecule has 104 valence electrons. The Labute approximate surface area is 107 Å². The van der Waals surface area contributed by atoms with E-state index in [0.717, 1.165) is 0 Å². The number of likely N-dealkylation sites (tertiary alicyclic amines) is 1. The number of nitrogens with two attached hydrogens (primary N) is 1. The van der Waals surface area contributed by atoms with Crippen molar-refractivity contribution in [1.29, 1.82) is 0 Å². The lowest BCUT2D eigenvalue weighted by Crippen LogP contribution is -2.50. The fourth-order valence-corrected chi connectivity index (χ4v) is 1.87. The maximum atomic E-state index is 12.0. The smallest absolute Gasteiger partial charge is 0.411 e. The van der Waals surface area contributed by atoms with E-state index in [1.165, 1.54) is 4.90 Å². The van der Waals surface area contributed by atoms with Gasteiger partial charge in [-0.1, -0.05) is 0 Å². The van der Waals surface area contributed by atoms with Crippen LogP contribution in [0, 0.1) is 0 Å². The fraction of sp³-hybridized carbons (Fsp3) is 0.833. The molecule has 0 unspecified atom stereocenters. The van der Waals surface area contributed by atoms with Crippen LogP contribution in [0.1, 0.15) is 34.1 Å². The average Bonchev–Trinajstić information content (AvgIpc) is 2.58. The van der Waals surface area contributed by atoms with Crippen LogP contribution >= 0.6 is 0 Å². The van der Waals surface area contributed by atoms with Gasteiger partial charge in [-0.25, -0.2) is 9.59 Å². The highest BCUT2D eigenvalue weighted by Gasteiger charge is 2.42. The number of carbonyl (C=O) groups excluding carboxylic acids is 2. The van der Waals surface area contributed by atoms with E-state index < -0.39 is 29.7 Å². The van der Waals surface area contributed by atoms with E-state index in [-0.39, 0.29) is 6.61 Å². The SMILES string of the molecule is CCOC(=O)[C@@H]1[C@@H](N)CCN1C(=O)OC(C)(C)C. The van der Waals surface area contributed by atoms with E-state index in [1.54, 1.807) is 27.7 Å². The molecule has 1 aliphatic rings. The number of nitrogens with zero attached hydrogens (tertiary/aromatic N) is 1. The molecule has 0 aromatic heterocycles. The third-order valence-electron chi connectivity index (χ3n) is 2.60. The Morgan fingerprint density at radius 3 is 2.50 bits per heavy atom. The fourth-order valence-electron chi connectivity index (χ4n) is 1.87. The number of esters is 1. The summed E-state index contributed by atoms with van der Waals surface area (Å²) in [5.74, 6) is -0.464. The second-order valence-electron chi connectivity index (χ2n) is 5.32. The number of hydrogen-bond donors (Lipinski definition) is 1. The van der Waals surface area contributed by atoms with Crippen molar-refractivity contribution < 1.29 is 19.1 Å².